The zero-order chi connectivity index (χ0) is 19.7. The lowest BCUT2D eigenvalue weighted by Crippen LogP contribution is -2.37. The fraction of sp³-hybridized carbons (Fsp3) is 0.350. The van der Waals surface area contributed by atoms with Crippen LogP contribution in [-0.4, -0.2) is 56.3 Å². The van der Waals surface area contributed by atoms with Crippen LogP contribution >= 0.6 is 0 Å². The molecule has 28 heavy (non-hydrogen) atoms. The molecule has 1 amide bonds. The first-order valence-corrected chi connectivity index (χ1v) is 10.7. The van der Waals surface area contributed by atoms with Gasteiger partial charge in [-0.05, 0) is 54.4 Å². The maximum Gasteiger partial charge on any atom is 0.253 e. The molecule has 2 heterocycles. The van der Waals surface area contributed by atoms with Gasteiger partial charge in [0.1, 0.15) is 11.6 Å². The second-order valence-corrected chi connectivity index (χ2v) is 8.86. The maximum atomic E-state index is 13.1. The van der Waals surface area contributed by atoms with Crippen molar-refractivity contribution in [2.75, 3.05) is 32.8 Å². The number of fused-ring (bicyclic) bond motifs is 1. The minimum atomic E-state index is -3.64. The van der Waals surface area contributed by atoms with Crippen LogP contribution in [0.5, 0.6) is 5.75 Å². The molecule has 4 rings (SSSR count). The molecule has 2 aliphatic heterocycles. The third kappa shape index (κ3) is 3.62. The summed E-state index contributed by atoms with van der Waals surface area (Å²) in [7, 11) is -3.64. The number of halogens is 1. The summed E-state index contributed by atoms with van der Waals surface area (Å²) in [5.74, 6) is 0.129. The van der Waals surface area contributed by atoms with Crippen molar-refractivity contribution >= 4 is 15.9 Å². The Morgan fingerprint density at radius 1 is 1.00 bits per heavy atom. The average Bonchev–Trinajstić information content (AvgIpc) is 3.02. The number of carbonyl (C=O) groups is 1. The van der Waals surface area contributed by atoms with Gasteiger partial charge in [-0.3, -0.25) is 4.79 Å². The van der Waals surface area contributed by atoms with E-state index in [-0.39, 0.29) is 17.3 Å². The molecule has 0 aromatic heterocycles. The molecule has 2 aromatic rings. The third-order valence-electron chi connectivity index (χ3n) is 5.13. The molecule has 2 aliphatic rings. The van der Waals surface area contributed by atoms with E-state index in [2.05, 4.69) is 0 Å². The van der Waals surface area contributed by atoms with Crippen molar-refractivity contribution in [3.05, 3.63) is 59.4 Å². The Kier molecular flexibility index (Phi) is 5.07. The first-order chi connectivity index (χ1) is 13.4. The molecule has 6 nitrogen and oxygen atoms in total. The molecule has 0 spiro atoms. The van der Waals surface area contributed by atoms with Gasteiger partial charge < -0.3 is 9.64 Å². The standard InChI is InChI=1S/C20H21FN2O4S/c21-17-4-2-15(3-5-17)20(24)22-9-1-10-23(12-11-22)28(25,26)18-6-7-19-16(14-18)8-13-27-19/h2-7,14H,1,8-13H2. The van der Waals surface area contributed by atoms with Gasteiger partial charge in [-0.15, -0.1) is 0 Å². The Bertz CT molecular complexity index is 992. The Morgan fingerprint density at radius 2 is 1.79 bits per heavy atom. The topological polar surface area (TPSA) is 66.9 Å². The molecule has 1 saturated heterocycles. The van der Waals surface area contributed by atoms with Crippen LogP contribution in [0, 0.1) is 5.82 Å². The highest BCUT2D eigenvalue weighted by Gasteiger charge is 2.29. The number of sulfonamides is 1. The molecule has 0 unspecified atom stereocenters. The van der Waals surface area contributed by atoms with Gasteiger partial charge in [0.25, 0.3) is 5.91 Å². The molecule has 1 fully saturated rings. The van der Waals surface area contributed by atoms with E-state index in [1.165, 1.54) is 28.6 Å². The van der Waals surface area contributed by atoms with Gasteiger partial charge in [-0.25, -0.2) is 12.8 Å². The minimum absolute atomic E-state index is 0.214. The van der Waals surface area contributed by atoms with Crippen LogP contribution in [-0.2, 0) is 16.4 Å². The molecule has 0 aliphatic carbocycles. The molecular formula is C20H21FN2O4S. The van der Waals surface area contributed by atoms with Gasteiger partial charge in [-0.1, -0.05) is 0 Å². The van der Waals surface area contributed by atoms with E-state index < -0.39 is 15.8 Å². The fourth-order valence-corrected chi connectivity index (χ4v) is 5.11. The molecule has 0 N–H and O–H groups in total. The van der Waals surface area contributed by atoms with Gasteiger partial charge in [0.05, 0.1) is 11.5 Å². The zero-order valence-corrected chi connectivity index (χ0v) is 16.1. The first-order valence-electron chi connectivity index (χ1n) is 9.26. The van der Waals surface area contributed by atoms with Crippen molar-refractivity contribution < 1.29 is 22.3 Å². The summed E-state index contributed by atoms with van der Waals surface area (Å²) < 4.78 is 46.1. The summed E-state index contributed by atoms with van der Waals surface area (Å²) in [5, 5.41) is 0. The Morgan fingerprint density at radius 3 is 2.57 bits per heavy atom. The first kappa shape index (κ1) is 18.9. The van der Waals surface area contributed by atoms with Crippen molar-refractivity contribution in [2.24, 2.45) is 0 Å². The van der Waals surface area contributed by atoms with Crippen molar-refractivity contribution in [1.29, 1.82) is 0 Å². The van der Waals surface area contributed by atoms with Gasteiger partial charge in [0.15, 0.2) is 0 Å². The van der Waals surface area contributed by atoms with E-state index in [9.17, 15) is 17.6 Å². The lowest BCUT2D eigenvalue weighted by molar-refractivity contribution is 0.0764. The van der Waals surface area contributed by atoms with Gasteiger partial charge in [-0.2, -0.15) is 4.31 Å². The number of amides is 1. The summed E-state index contributed by atoms with van der Waals surface area (Å²) in [4.78, 5) is 14.5. The summed E-state index contributed by atoms with van der Waals surface area (Å²) in [6.07, 6.45) is 1.25. The van der Waals surface area contributed by atoms with E-state index >= 15 is 0 Å². The van der Waals surface area contributed by atoms with Gasteiger partial charge >= 0.3 is 0 Å². The predicted octanol–water partition coefficient (Wildman–Crippen LogP) is 2.30. The minimum Gasteiger partial charge on any atom is -0.493 e. The molecule has 0 saturated carbocycles. The lowest BCUT2D eigenvalue weighted by Gasteiger charge is -2.22. The van der Waals surface area contributed by atoms with Gasteiger partial charge in [0.2, 0.25) is 10.0 Å². The van der Waals surface area contributed by atoms with Crippen LogP contribution in [0.25, 0.3) is 0 Å². The Hall–Kier alpha value is -2.45. The number of hydrogen-bond acceptors (Lipinski definition) is 4. The summed E-state index contributed by atoms with van der Waals surface area (Å²) in [6, 6.07) is 10.4. The van der Waals surface area contributed by atoms with E-state index in [4.69, 9.17) is 4.74 Å². The largest absolute Gasteiger partial charge is 0.493 e. The van der Waals surface area contributed by atoms with Crippen molar-refractivity contribution in [3.8, 4) is 5.75 Å². The average molecular weight is 404 g/mol. The van der Waals surface area contributed by atoms with Crippen molar-refractivity contribution in [3.63, 3.8) is 0 Å². The van der Waals surface area contributed by atoms with Crippen LogP contribution in [0.4, 0.5) is 4.39 Å². The number of benzene rings is 2. The van der Waals surface area contributed by atoms with Gasteiger partial charge in [0, 0.05) is 38.2 Å². The molecule has 148 valence electrons. The number of nitrogens with zero attached hydrogens (tertiary/aromatic N) is 2. The molecule has 2 aromatic carbocycles. The molecule has 0 bridgehead atoms. The number of ether oxygens (including phenoxy) is 1. The summed E-state index contributed by atoms with van der Waals surface area (Å²) in [5.41, 5.74) is 1.31. The van der Waals surface area contributed by atoms with E-state index in [0.29, 0.717) is 44.6 Å². The smallest absolute Gasteiger partial charge is 0.253 e. The van der Waals surface area contributed by atoms with E-state index in [0.717, 1.165) is 11.3 Å². The molecular weight excluding hydrogens is 383 g/mol. The molecule has 8 heteroatoms. The van der Waals surface area contributed by atoms with Crippen LogP contribution in [0.2, 0.25) is 0 Å². The van der Waals surface area contributed by atoms with Crippen LogP contribution in [0.15, 0.2) is 47.4 Å². The molecule has 0 atom stereocenters. The van der Waals surface area contributed by atoms with Crippen molar-refractivity contribution in [1.82, 2.24) is 9.21 Å². The second kappa shape index (κ2) is 7.52. The Balaban J connectivity index is 1.49. The SMILES string of the molecule is O=C(c1ccc(F)cc1)N1CCCN(S(=O)(=O)c2ccc3c(c2)CCO3)CC1. The lowest BCUT2D eigenvalue weighted by atomic mass is 10.2. The van der Waals surface area contributed by atoms with E-state index in [1.807, 2.05) is 0 Å². The normalized spacial score (nSPS) is 17.7. The maximum absolute atomic E-state index is 13.1. The highest BCUT2D eigenvalue weighted by atomic mass is 32.2. The fourth-order valence-electron chi connectivity index (χ4n) is 3.58. The highest BCUT2D eigenvalue weighted by Crippen LogP contribution is 2.29. The van der Waals surface area contributed by atoms with Crippen LogP contribution in [0.3, 0.4) is 0 Å². The number of carbonyl (C=O) groups excluding carboxylic acids is 1. The van der Waals surface area contributed by atoms with Crippen molar-refractivity contribution in [2.45, 2.75) is 17.7 Å². The summed E-state index contributed by atoms with van der Waals surface area (Å²) in [6.45, 7) is 1.90. The Labute approximate surface area is 163 Å². The zero-order valence-electron chi connectivity index (χ0n) is 15.3. The second-order valence-electron chi connectivity index (χ2n) is 6.92. The number of rotatable bonds is 3. The van der Waals surface area contributed by atoms with Crippen LogP contribution < -0.4 is 4.74 Å². The predicted molar refractivity (Wildman–Crippen MR) is 101 cm³/mol. The van der Waals surface area contributed by atoms with E-state index in [1.54, 1.807) is 23.1 Å². The highest BCUT2D eigenvalue weighted by molar-refractivity contribution is 7.89. The quantitative estimate of drug-likeness (QED) is 0.787. The summed E-state index contributed by atoms with van der Waals surface area (Å²) >= 11 is 0. The number of hydrogen-bond donors (Lipinski definition) is 0. The monoisotopic (exact) mass is 404 g/mol. The molecule has 0 radical (unpaired) electrons. The third-order valence-corrected chi connectivity index (χ3v) is 7.03. The van der Waals surface area contributed by atoms with Crippen LogP contribution in [0.1, 0.15) is 22.3 Å².